The molecule has 1 aliphatic heterocycles. The molecular weight excluding hydrogens is 313 g/mol. The zero-order valence-corrected chi connectivity index (χ0v) is 12.9. The van der Waals surface area contributed by atoms with Gasteiger partial charge >= 0.3 is 18.2 Å². The number of alkyl halides is 3. The van der Waals surface area contributed by atoms with E-state index in [4.69, 9.17) is 5.11 Å². The zero-order chi connectivity index (χ0) is 17.0. The summed E-state index contributed by atoms with van der Waals surface area (Å²) in [5, 5.41) is 11.5. The maximum atomic E-state index is 13.0. The van der Waals surface area contributed by atoms with Gasteiger partial charge in [0.15, 0.2) is 0 Å². The molecule has 0 aromatic heterocycles. The molecule has 8 heteroatoms. The molecule has 132 valence electrons. The van der Waals surface area contributed by atoms with Crippen molar-refractivity contribution in [3.8, 4) is 0 Å². The summed E-state index contributed by atoms with van der Waals surface area (Å²) in [6.45, 7) is 0.689. The number of halogens is 3. The van der Waals surface area contributed by atoms with E-state index in [1.54, 1.807) is 0 Å². The van der Waals surface area contributed by atoms with Crippen LogP contribution in [0.1, 0.15) is 38.5 Å². The molecule has 1 heterocycles. The Labute approximate surface area is 133 Å². The average Bonchev–Trinajstić information content (AvgIpc) is 2.52. The zero-order valence-electron chi connectivity index (χ0n) is 12.9. The highest BCUT2D eigenvalue weighted by atomic mass is 19.4. The van der Waals surface area contributed by atoms with Crippen LogP contribution in [0.2, 0.25) is 0 Å². The number of carbonyl (C=O) groups excluding carboxylic acids is 1. The van der Waals surface area contributed by atoms with Gasteiger partial charge in [-0.2, -0.15) is 13.2 Å². The fourth-order valence-corrected chi connectivity index (χ4v) is 3.54. The lowest BCUT2D eigenvalue weighted by Crippen LogP contribution is -2.48. The monoisotopic (exact) mass is 336 g/mol. The molecule has 2 aliphatic rings. The molecule has 2 fully saturated rings. The van der Waals surface area contributed by atoms with Crippen molar-refractivity contribution in [1.29, 1.82) is 0 Å². The van der Waals surface area contributed by atoms with Crippen LogP contribution in [0.25, 0.3) is 0 Å². The van der Waals surface area contributed by atoms with Gasteiger partial charge in [-0.3, -0.25) is 4.79 Å². The molecule has 0 aromatic carbocycles. The number of hydrogen-bond acceptors (Lipinski definition) is 2. The van der Waals surface area contributed by atoms with Crippen LogP contribution < -0.4 is 5.32 Å². The summed E-state index contributed by atoms with van der Waals surface area (Å²) >= 11 is 0. The fourth-order valence-electron chi connectivity index (χ4n) is 3.54. The largest absolute Gasteiger partial charge is 0.481 e. The Hall–Kier alpha value is -1.47. The number of carbonyl (C=O) groups is 2. The lowest BCUT2D eigenvalue weighted by atomic mass is 9.79. The van der Waals surface area contributed by atoms with E-state index in [-0.39, 0.29) is 19.0 Å². The van der Waals surface area contributed by atoms with Gasteiger partial charge in [0, 0.05) is 19.6 Å². The predicted octanol–water partition coefficient (Wildman–Crippen LogP) is 2.86. The van der Waals surface area contributed by atoms with Gasteiger partial charge in [0.1, 0.15) is 0 Å². The number of carboxylic acid groups (broad SMARTS) is 1. The summed E-state index contributed by atoms with van der Waals surface area (Å²) in [5.41, 5.74) is 0. The minimum atomic E-state index is -4.21. The molecule has 1 aliphatic carbocycles. The maximum absolute atomic E-state index is 13.0. The van der Waals surface area contributed by atoms with Crippen molar-refractivity contribution >= 4 is 12.0 Å². The lowest BCUT2D eigenvalue weighted by molar-refractivity contribution is -0.195. The van der Waals surface area contributed by atoms with Crippen LogP contribution in [0.15, 0.2) is 0 Å². The standard InChI is InChI=1S/C15H23F3N2O3/c16-15(17,18)12-4-2-1-3-11(12)9-19-14(23)20-7-5-10(6-8-20)13(21)22/h10-12H,1-9H2,(H,19,23)(H,21,22). The Kier molecular flexibility index (Phi) is 5.75. The molecule has 2 rings (SSSR count). The van der Waals surface area contributed by atoms with E-state index in [1.807, 2.05) is 0 Å². The van der Waals surface area contributed by atoms with E-state index in [0.717, 1.165) is 6.42 Å². The number of aliphatic carboxylic acids is 1. The number of piperidine rings is 1. The molecule has 0 spiro atoms. The van der Waals surface area contributed by atoms with E-state index < -0.39 is 29.9 Å². The lowest BCUT2D eigenvalue weighted by Gasteiger charge is -2.34. The first-order valence-corrected chi connectivity index (χ1v) is 8.11. The highest BCUT2D eigenvalue weighted by molar-refractivity contribution is 5.75. The van der Waals surface area contributed by atoms with Gasteiger partial charge in [0.05, 0.1) is 11.8 Å². The van der Waals surface area contributed by atoms with Gasteiger partial charge in [-0.25, -0.2) is 4.79 Å². The highest BCUT2D eigenvalue weighted by Crippen LogP contribution is 2.41. The third-order valence-corrected chi connectivity index (χ3v) is 4.98. The second-order valence-electron chi connectivity index (χ2n) is 6.48. The molecule has 1 saturated heterocycles. The number of likely N-dealkylation sites (tertiary alicyclic amines) is 1. The topological polar surface area (TPSA) is 69.6 Å². The number of urea groups is 1. The van der Waals surface area contributed by atoms with Crippen LogP contribution in [0.5, 0.6) is 0 Å². The molecular formula is C15H23F3N2O3. The molecule has 2 N–H and O–H groups in total. The molecule has 2 amide bonds. The average molecular weight is 336 g/mol. The van der Waals surface area contributed by atoms with E-state index in [1.165, 1.54) is 4.90 Å². The van der Waals surface area contributed by atoms with Crippen LogP contribution in [0.3, 0.4) is 0 Å². The number of nitrogens with zero attached hydrogens (tertiary/aromatic N) is 1. The Balaban J connectivity index is 1.80. The third-order valence-electron chi connectivity index (χ3n) is 4.98. The summed E-state index contributed by atoms with van der Waals surface area (Å²) in [5.74, 6) is -3.20. The first-order valence-electron chi connectivity index (χ1n) is 8.11. The van der Waals surface area contributed by atoms with Gasteiger partial charge in [0.2, 0.25) is 0 Å². The van der Waals surface area contributed by atoms with Crippen molar-refractivity contribution in [3.05, 3.63) is 0 Å². The van der Waals surface area contributed by atoms with Crippen LogP contribution >= 0.6 is 0 Å². The molecule has 2 atom stereocenters. The maximum Gasteiger partial charge on any atom is 0.392 e. The summed E-state index contributed by atoms with van der Waals surface area (Å²) in [6, 6.07) is -0.389. The Morgan fingerprint density at radius 2 is 1.70 bits per heavy atom. The summed E-state index contributed by atoms with van der Waals surface area (Å²) in [6.07, 6.45) is -1.49. The van der Waals surface area contributed by atoms with Crippen molar-refractivity contribution in [1.82, 2.24) is 10.2 Å². The Morgan fingerprint density at radius 3 is 2.26 bits per heavy atom. The molecule has 2 unspecified atom stereocenters. The van der Waals surface area contributed by atoms with Crippen molar-refractivity contribution in [3.63, 3.8) is 0 Å². The number of hydrogen-bond donors (Lipinski definition) is 2. The van der Waals surface area contributed by atoms with Crippen molar-refractivity contribution in [2.75, 3.05) is 19.6 Å². The van der Waals surface area contributed by atoms with E-state index in [0.29, 0.717) is 38.8 Å². The van der Waals surface area contributed by atoms with Crippen LogP contribution in [0.4, 0.5) is 18.0 Å². The van der Waals surface area contributed by atoms with E-state index >= 15 is 0 Å². The number of rotatable bonds is 3. The van der Waals surface area contributed by atoms with Crippen molar-refractivity contribution in [2.45, 2.75) is 44.7 Å². The minimum absolute atomic E-state index is 0.0296. The van der Waals surface area contributed by atoms with Crippen molar-refractivity contribution < 1.29 is 27.9 Å². The van der Waals surface area contributed by atoms with Gasteiger partial charge < -0.3 is 15.3 Å². The number of nitrogens with one attached hydrogen (secondary N) is 1. The van der Waals surface area contributed by atoms with Crippen LogP contribution in [-0.2, 0) is 4.79 Å². The van der Waals surface area contributed by atoms with Crippen LogP contribution in [-0.4, -0.2) is 47.8 Å². The Morgan fingerprint density at radius 1 is 1.09 bits per heavy atom. The molecule has 0 aromatic rings. The first-order chi connectivity index (χ1) is 10.8. The quantitative estimate of drug-likeness (QED) is 0.833. The minimum Gasteiger partial charge on any atom is -0.481 e. The van der Waals surface area contributed by atoms with Gasteiger partial charge in [-0.1, -0.05) is 12.8 Å². The number of amides is 2. The molecule has 5 nitrogen and oxygen atoms in total. The fraction of sp³-hybridized carbons (Fsp3) is 0.867. The summed E-state index contributed by atoms with van der Waals surface area (Å²) in [7, 11) is 0. The highest BCUT2D eigenvalue weighted by Gasteiger charge is 2.45. The smallest absolute Gasteiger partial charge is 0.392 e. The second-order valence-corrected chi connectivity index (χ2v) is 6.48. The Bertz CT molecular complexity index is 434. The molecule has 0 radical (unpaired) electrons. The summed E-state index contributed by atoms with van der Waals surface area (Å²) in [4.78, 5) is 24.4. The molecule has 1 saturated carbocycles. The van der Waals surface area contributed by atoms with Gasteiger partial charge in [-0.05, 0) is 31.6 Å². The van der Waals surface area contributed by atoms with Gasteiger partial charge in [-0.15, -0.1) is 0 Å². The van der Waals surface area contributed by atoms with Crippen LogP contribution in [0, 0.1) is 17.8 Å². The SMILES string of the molecule is O=C(O)C1CCN(C(=O)NCC2CCCCC2C(F)(F)F)CC1. The second kappa shape index (κ2) is 7.40. The van der Waals surface area contributed by atoms with E-state index in [9.17, 15) is 22.8 Å². The predicted molar refractivity (Wildman–Crippen MR) is 76.8 cm³/mol. The normalized spacial score (nSPS) is 26.8. The molecule has 0 bridgehead atoms. The van der Waals surface area contributed by atoms with Crippen molar-refractivity contribution in [2.24, 2.45) is 17.8 Å². The first kappa shape index (κ1) is 17.9. The third kappa shape index (κ3) is 4.75. The van der Waals surface area contributed by atoms with E-state index in [2.05, 4.69) is 5.32 Å². The summed E-state index contributed by atoms with van der Waals surface area (Å²) < 4.78 is 39.0. The molecule has 23 heavy (non-hydrogen) atoms. The van der Waals surface area contributed by atoms with Gasteiger partial charge in [0.25, 0.3) is 0 Å². The number of carboxylic acids is 1.